The van der Waals surface area contributed by atoms with Crippen LogP contribution in [0, 0.1) is 5.82 Å². The summed E-state index contributed by atoms with van der Waals surface area (Å²) in [5.41, 5.74) is 0.484. The van der Waals surface area contributed by atoms with Crippen LogP contribution in [0.3, 0.4) is 0 Å². The highest BCUT2D eigenvalue weighted by Gasteiger charge is 1.99. The van der Waals surface area contributed by atoms with Crippen LogP contribution in [0.2, 0.25) is 0 Å². The highest BCUT2D eigenvalue weighted by molar-refractivity contribution is 5.77. The van der Waals surface area contributed by atoms with Crippen molar-refractivity contribution in [2.24, 2.45) is 0 Å². The quantitative estimate of drug-likeness (QED) is 0.642. The van der Waals surface area contributed by atoms with Gasteiger partial charge in [0.05, 0.1) is 5.69 Å². The smallest absolute Gasteiger partial charge is 0.135 e. The Balaban J connectivity index is 2.79. The predicted molar refractivity (Wildman–Crippen MR) is 38.6 cm³/mol. The first-order valence-electron chi connectivity index (χ1n) is 3.28. The number of hydrogen-bond donors (Lipinski definition) is 0. The molecule has 0 saturated carbocycles. The minimum Gasteiger partial charge on any atom is -0.300 e. The summed E-state index contributed by atoms with van der Waals surface area (Å²) in [5.74, 6) is -0.362. The molecule has 0 aliphatic heterocycles. The molecule has 0 fully saturated rings. The SMILES string of the molecule is CC(=O)Cc1cc(F)ccn1. The summed E-state index contributed by atoms with van der Waals surface area (Å²) >= 11 is 0. The first kappa shape index (κ1) is 7.85. The Kier molecular flexibility index (Phi) is 2.31. The lowest BCUT2D eigenvalue weighted by Gasteiger charge is -1.94. The van der Waals surface area contributed by atoms with Crippen LogP contribution < -0.4 is 0 Å². The molecule has 11 heavy (non-hydrogen) atoms. The zero-order valence-corrected chi connectivity index (χ0v) is 6.17. The third-order valence-corrected chi connectivity index (χ3v) is 1.21. The van der Waals surface area contributed by atoms with Crippen molar-refractivity contribution in [2.75, 3.05) is 0 Å². The summed E-state index contributed by atoms with van der Waals surface area (Å²) < 4.78 is 12.5. The molecule has 1 aromatic rings. The molecule has 3 heteroatoms. The maximum absolute atomic E-state index is 12.5. The number of hydrogen-bond acceptors (Lipinski definition) is 2. The van der Waals surface area contributed by atoms with E-state index in [4.69, 9.17) is 0 Å². The molecular weight excluding hydrogens is 145 g/mol. The van der Waals surface area contributed by atoms with Crippen LogP contribution in [0.25, 0.3) is 0 Å². The van der Waals surface area contributed by atoms with Gasteiger partial charge in [-0.25, -0.2) is 4.39 Å². The van der Waals surface area contributed by atoms with E-state index in [1.54, 1.807) is 0 Å². The van der Waals surface area contributed by atoms with Crippen molar-refractivity contribution >= 4 is 5.78 Å². The lowest BCUT2D eigenvalue weighted by atomic mass is 10.2. The van der Waals surface area contributed by atoms with E-state index in [-0.39, 0.29) is 18.0 Å². The van der Waals surface area contributed by atoms with Gasteiger partial charge >= 0.3 is 0 Å². The molecular formula is C8H8FNO. The molecule has 1 aromatic heterocycles. The van der Waals surface area contributed by atoms with Gasteiger partial charge in [-0.05, 0) is 19.1 Å². The zero-order valence-electron chi connectivity index (χ0n) is 6.17. The summed E-state index contributed by atoms with van der Waals surface area (Å²) in [6.45, 7) is 1.45. The molecule has 0 aromatic carbocycles. The van der Waals surface area contributed by atoms with Gasteiger partial charge in [0, 0.05) is 12.6 Å². The fraction of sp³-hybridized carbons (Fsp3) is 0.250. The van der Waals surface area contributed by atoms with Gasteiger partial charge in [0.1, 0.15) is 11.6 Å². The Hall–Kier alpha value is -1.25. The topological polar surface area (TPSA) is 30.0 Å². The van der Waals surface area contributed by atoms with Gasteiger partial charge in [-0.3, -0.25) is 9.78 Å². The Labute approximate surface area is 64.1 Å². The van der Waals surface area contributed by atoms with Crippen molar-refractivity contribution in [1.29, 1.82) is 0 Å². The normalized spacial score (nSPS) is 9.64. The fourth-order valence-corrected chi connectivity index (χ4v) is 0.800. The minimum atomic E-state index is -0.351. The van der Waals surface area contributed by atoms with Gasteiger partial charge in [-0.15, -0.1) is 0 Å². The van der Waals surface area contributed by atoms with E-state index in [1.165, 1.54) is 25.3 Å². The molecule has 0 unspecified atom stereocenters. The number of carbonyl (C=O) groups excluding carboxylic acids is 1. The van der Waals surface area contributed by atoms with Crippen LogP contribution in [0.1, 0.15) is 12.6 Å². The van der Waals surface area contributed by atoms with Crippen molar-refractivity contribution in [2.45, 2.75) is 13.3 Å². The number of pyridine rings is 1. The van der Waals surface area contributed by atoms with Gasteiger partial charge in [0.25, 0.3) is 0 Å². The van der Waals surface area contributed by atoms with Crippen LogP contribution in [0.5, 0.6) is 0 Å². The fourth-order valence-electron chi connectivity index (χ4n) is 0.800. The third-order valence-electron chi connectivity index (χ3n) is 1.21. The molecule has 0 aliphatic rings. The molecule has 1 rings (SSSR count). The summed E-state index contributed by atoms with van der Waals surface area (Å²) in [5, 5.41) is 0. The zero-order chi connectivity index (χ0) is 8.27. The molecule has 0 saturated heterocycles. The number of halogens is 1. The van der Waals surface area contributed by atoms with Crippen LogP contribution in [0.15, 0.2) is 18.3 Å². The minimum absolute atomic E-state index is 0.0110. The Bertz CT molecular complexity index is 273. The van der Waals surface area contributed by atoms with E-state index in [0.29, 0.717) is 5.69 Å². The number of nitrogens with zero attached hydrogens (tertiary/aromatic N) is 1. The second-order valence-corrected chi connectivity index (χ2v) is 2.34. The third kappa shape index (κ3) is 2.45. The van der Waals surface area contributed by atoms with Crippen molar-refractivity contribution in [1.82, 2.24) is 4.98 Å². The van der Waals surface area contributed by atoms with E-state index in [0.717, 1.165) is 0 Å². The van der Waals surface area contributed by atoms with Gasteiger partial charge in [0.2, 0.25) is 0 Å². The lowest BCUT2D eigenvalue weighted by Crippen LogP contribution is -1.98. The summed E-state index contributed by atoms with van der Waals surface area (Å²) in [6, 6.07) is 2.52. The van der Waals surface area contributed by atoms with Gasteiger partial charge in [-0.1, -0.05) is 0 Å². The Morgan fingerprint density at radius 3 is 3.00 bits per heavy atom. The second-order valence-electron chi connectivity index (χ2n) is 2.34. The summed E-state index contributed by atoms with van der Waals surface area (Å²) in [4.78, 5) is 14.4. The van der Waals surface area contributed by atoms with Crippen LogP contribution in [0.4, 0.5) is 4.39 Å². The molecule has 0 N–H and O–H groups in total. The Morgan fingerprint density at radius 2 is 2.45 bits per heavy atom. The molecule has 0 radical (unpaired) electrons. The van der Waals surface area contributed by atoms with Crippen LogP contribution >= 0.6 is 0 Å². The molecule has 0 atom stereocenters. The van der Waals surface area contributed by atoms with Crippen molar-refractivity contribution in [3.63, 3.8) is 0 Å². The molecule has 1 heterocycles. The van der Waals surface area contributed by atoms with Gasteiger partial charge < -0.3 is 0 Å². The number of aromatic nitrogens is 1. The molecule has 58 valence electrons. The maximum Gasteiger partial charge on any atom is 0.135 e. The molecule has 0 amide bonds. The number of Topliss-reactive ketones (excluding diaryl/α,β-unsaturated/α-hetero) is 1. The van der Waals surface area contributed by atoms with Gasteiger partial charge in [0.15, 0.2) is 0 Å². The highest BCUT2D eigenvalue weighted by atomic mass is 19.1. The van der Waals surface area contributed by atoms with E-state index in [2.05, 4.69) is 4.98 Å². The van der Waals surface area contributed by atoms with E-state index < -0.39 is 0 Å². The monoisotopic (exact) mass is 153 g/mol. The van der Waals surface area contributed by atoms with Crippen molar-refractivity contribution in [3.05, 3.63) is 29.8 Å². The largest absolute Gasteiger partial charge is 0.300 e. The molecule has 0 bridgehead atoms. The predicted octanol–water partition coefficient (Wildman–Crippen LogP) is 1.35. The maximum atomic E-state index is 12.5. The van der Waals surface area contributed by atoms with E-state index in [1.807, 2.05) is 0 Å². The van der Waals surface area contributed by atoms with Crippen LogP contribution in [-0.4, -0.2) is 10.8 Å². The second kappa shape index (κ2) is 3.23. The van der Waals surface area contributed by atoms with Crippen molar-refractivity contribution < 1.29 is 9.18 Å². The van der Waals surface area contributed by atoms with Crippen molar-refractivity contribution in [3.8, 4) is 0 Å². The average Bonchev–Trinajstić information content (AvgIpc) is 1.85. The van der Waals surface area contributed by atoms with Gasteiger partial charge in [-0.2, -0.15) is 0 Å². The molecule has 0 aliphatic carbocycles. The highest BCUT2D eigenvalue weighted by Crippen LogP contribution is 2.00. The molecule has 0 spiro atoms. The summed E-state index contributed by atoms with van der Waals surface area (Å²) in [6.07, 6.45) is 1.56. The Morgan fingerprint density at radius 1 is 1.73 bits per heavy atom. The first-order valence-corrected chi connectivity index (χ1v) is 3.28. The lowest BCUT2D eigenvalue weighted by molar-refractivity contribution is -0.116. The number of rotatable bonds is 2. The van der Waals surface area contributed by atoms with Crippen LogP contribution in [-0.2, 0) is 11.2 Å². The number of ketones is 1. The number of carbonyl (C=O) groups is 1. The summed E-state index contributed by atoms with van der Waals surface area (Å²) in [7, 11) is 0. The molecule has 2 nitrogen and oxygen atoms in total. The standard InChI is InChI=1S/C8H8FNO/c1-6(11)4-8-5-7(9)2-3-10-8/h2-3,5H,4H2,1H3. The van der Waals surface area contributed by atoms with E-state index >= 15 is 0 Å². The van der Waals surface area contributed by atoms with E-state index in [9.17, 15) is 9.18 Å². The average molecular weight is 153 g/mol. The first-order chi connectivity index (χ1) is 5.18.